The summed E-state index contributed by atoms with van der Waals surface area (Å²) in [4.78, 5) is 0. The minimum absolute atomic E-state index is 0.174. The van der Waals surface area contributed by atoms with E-state index in [2.05, 4.69) is 5.32 Å². The molecule has 0 aliphatic carbocycles. The third kappa shape index (κ3) is 10.2. The van der Waals surface area contributed by atoms with E-state index in [9.17, 15) is 13.2 Å². The molecule has 0 aliphatic rings. The second kappa shape index (κ2) is 7.40. The van der Waals surface area contributed by atoms with Gasteiger partial charge in [0.2, 0.25) is 0 Å². The van der Waals surface area contributed by atoms with Crippen LogP contribution in [0.2, 0.25) is 0 Å². The molecule has 1 nitrogen and oxygen atoms in total. The van der Waals surface area contributed by atoms with E-state index in [4.69, 9.17) is 0 Å². The second-order valence-electron chi connectivity index (χ2n) is 3.36. The monoisotopic (exact) mass is 229 g/mol. The van der Waals surface area contributed by atoms with E-state index in [1.165, 1.54) is 0 Å². The first-order valence-electron chi connectivity index (χ1n) is 4.75. The van der Waals surface area contributed by atoms with E-state index in [1.807, 2.05) is 13.2 Å². The van der Waals surface area contributed by atoms with Gasteiger partial charge < -0.3 is 5.32 Å². The largest absolute Gasteiger partial charge is 0.389 e. The van der Waals surface area contributed by atoms with Gasteiger partial charge in [0, 0.05) is 12.5 Å². The van der Waals surface area contributed by atoms with Crippen molar-refractivity contribution in [2.75, 3.05) is 18.6 Å². The van der Waals surface area contributed by atoms with Gasteiger partial charge in [-0.15, -0.1) is 0 Å². The number of hydrogen-bond acceptors (Lipinski definition) is 2. The fourth-order valence-electron chi connectivity index (χ4n) is 1.03. The summed E-state index contributed by atoms with van der Waals surface area (Å²) in [6, 6.07) is 0.315. The van der Waals surface area contributed by atoms with Crippen LogP contribution >= 0.6 is 11.8 Å². The SMILES string of the molecule is CSCCC(C)NCCCC(F)(F)F. The normalized spacial score (nSPS) is 14.4. The van der Waals surface area contributed by atoms with Crippen LogP contribution in [0.3, 0.4) is 0 Å². The average Bonchev–Trinajstić information content (AvgIpc) is 2.07. The zero-order valence-electron chi connectivity index (χ0n) is 8.66. The van der Waals surface area contributed by atoms with Gasteiger partial charge in [-0.2, -0.15) is 24.9 Å². The van der Waals surface area contributed by atoms with Gasteiger partial charge in [-0.3, -0.25) is 0 Å². The van der Waals surface area contributed by atoms with Gasteiger partial charge in [-0.1, -0.05) is 0 Å². The van der Waals surface area contributed by atoms with E-state index in [0.717, 1.165) is 12.2 Å². The lowest BCUT2D eigenvalue weighted by atomic mass is 10.2. The molecule has 1 N–H and O–H groups in total. The van der Waals surface area contributed by atoms with Gasteiger partial charge in [0.1, 0.15) is 0 Å². The summed E-state index contributed by atoms with van der Waals surface area (Å²) in [5.74, 6) is 1.05. The van der Waals surface area contributed by atoms with Crippen molar-refractivity contribution in [3.8, 4) is 0 Å². The Morgan fingerprint density at radius 3 is 2.50 bits per heavy atom. The highest BCUT2D eigenvalue weighted by Crippen LogP contribution is 2.20. The summed E-state index contributed by atoms with van der Waals surface area (Å²) in [6.07, 6.45) is -1.49. The predicted molar refractivity (Wildman–Crippen MR) is 55.8 cm³/mol. The molecule has 0 saturated heterocycles. The van der Waals surface area contributed by atoms with Crippen molar-refractivity contribution in [2.45, 2.75) is 38.4 Å². The molecule has 0 aromatic rings. The number of halogens is 3. The zero-order chi connectivity index (χ0) is 11.0. The minimum atomic E-state index is -4.01. The van der Waals surface area contributed by atoms with Crippen molar-refractivity contribution in [3.05, 3.63) is 0 Å². The van der Waals surface area contributed by atoms with E-state index in [1.54, 1.807) is 11.8 Å². The van der Waals surface area contributed by atoms with E-state index < -0.39 is 12.6 Å². The van der Waals surface area contributed by atoms with Crippen molar-refractivity contribution in [1.82, 2.24) is 5.32 Å². The van der Waals surface area contributed by atoms with Crippen LogP contribution < -0.4 is 5.32 Å². The topological polar surface area (TPSA) is 12.0 Å². The third-order valence-corrected chi connectivity index (χ3v) is 2.53. The molecular formula is C9H18F3NS. The smallest absolute Gasteiger partial charge is 0.314 e. The third-order valence-electron chi connectivity index (χ3n) is 1.88. The summed E-state index contributed by atoms with van der Waals surface area (Å²) in [7, 11) is 0. The van der Waals surface area contributed by atoms with Gasteiger partial charge in [0.15, 0.2) is 0 Å². The molecule has 1 atom stereocenters. The fourth-order valence-corrected chi connectivity index (χ4v) is 1.62. The molecule has 0 aliphatic heterocycles. The maximum atomic E-state index is 11.8. The van der Waals surface area contributed by atoms with Crippen molar-refractivity contribution in [1.29, 1.82) is 0 Å². The molecule has 0 fully saturated rings. The molecule has 1 unspecified atom stereocenters. The zero-order valence-corrected chi connectivity index (χ0v) is 9.47. The van der Waals surface area contributed by atoms with Gasteiger partial charge in [0.05, 0.1) is 0 Å². The maximum absolute atomic E-state index is 11.8. The molecular weight excluding hydrogens is 211 g/mol. The Kier molecular flexibility index (Phi) is 7.45. The van der Waals surface area contributed by atoms with E-state index >= 15 is 0 Å². The van der Waals surface area contributed by atoms with Gasteiger partial charge in [-0.05, 0) is 38.3 Å². The van der Waals surface area contributed by atoms with E-state index in [-0.39, 0.29) is 6.42 Å². The minimum Gasteiger partial charge on any atom is -0.314 e. The number of hydrogen-bond donors (Lipinski definition) is 1. The molecule has 0 bridgehead atoms. The molecule has 0 rings (SSSR count). The first-order valence-corrected chi connectivity index (χ1v) is 6.14. The summed E-state index contributed by atoms with van der Waals surface area (Å²) in [5.41, 5.74) is 0. The second-order valence-corrected chi connectivity index (χ2v) is 4.34. The van der Waals surface area contributed by atoms with Crippen LogP contribution in [0.4, 0.5) is 13.2 Å². The molecule has 0 spiro atoms. The van der Waals surface area contributed by atoms with Gasteiger partial charge in [0.25, 0.3) is 0 Å². The van der Waals surface area contributed by atoms with Crippen LogP contribution in [0.1, 0.15) is 26.2 Å². The fraction of sp³-hybridized carbons (Fsp3) is 1.00. The van der Waals surface area contributed by atoms with Crippen LogP contribution in [0, 0.1) is 0 Å². The molecule has 0 saturated carbocycles. The summed E-state index contributed by atoms with van der Waals surface area (Å²) in [6.45, 7) is 2.46. The van der Waals surface area contributed by atoms with Crippen molar-refractivity contribution in [2.24, 2.45) is 0 Å². The highest BCUT2D eigenvalue weighted by atomic mass is 32.2. The predicted octanol–water partition coefficient (Wildman–Crippen LogP) is 3.06. The van der Waals surface area contributed by atoms with Crippen LogP contribution in [0.5, 0.6) is 0 Å². The molecule has 0 aromatic heterocycles. The Morgan fingerprint density at radius 2 is 2.00 bits per heavy atom. The maximum Gasteiger partial charge on any atom is 0.389 e. The summed E-state index contributed by atoms with van der Waals surface area (Å²) < 4.78 is 35.3. The molecule has 0 aromatic carbocycles. The summed E-state index contributed by atoms with van der Waals surface area (Å²) in [5, 5.41) is 3.08. The number of alkyl halides is 3. The molecule has 14 heavy (non-hydrogen) atoms. The Labute approximate surface area is 87.8 Å². The quantitative estimate of drug-likeness (QED) is 0.673. The molecule has 86 valence electrons. The Hall–Kier alpha value is 0.100. The lowest BCUT2D eigenvalue weighted by Gasteiger charge is -2.13. The Bertz CT molecular complexity index is 139. The van der Waals surface area contributed by atoms with Crippen LogP contribution in [-0.4, -0.2) is 30.8 Å². The lowest BCUT2D eigenvalue weighted by Crippen LogP contribution is -2.28. The van der Waals surface area contributed by atoms with Gasteiger partial charge >= 0.3 is 6.18 Å². The molecule has 0 radical (unpaired) electrons. The number of rotatable bonds is 7. The average molecular weight is 229 g/mol. The van der Waals surface area contributed by atoms with Crippen LogP contribution in [0.25, 0.3) is 0 Å². The Morgan fingerprint density at radius 1 is 1.36 bits per heavy atom. The van der Waals surface area contributed by atoms with E-state index in [0.29, 0.717) is 12.6 Å². The number of thioether (sulfide) groups is 1. The molecule has 0 heterocycles. The highest BCUT2D eigenvalue weighted by molar-refractivity contribution is 7.98. The molecule has 5 heteroatoms. The summed E-state index contributed by atoms with van der Waals surface area (Å²) >= 11 is 1.75. The van der Waals surface area contributed by atoms with Crippen LogP contribution in [0.15, 0.2) is 0 Å². The van der Waals surface area contributed by atoms with Crippen LogP contribution in [-0.2, 0) is 0 Å². The van der Waals surface area contributed by atoms with Gasteiger partial charge in [-0.25, -0.2) is 0 Å². The van der Waals surface area contributed by atoms with Crippen molar-refractivity contribution >= 4 is 11.8 Å². The molecule has 0 amide bonds. The standard InChI is InChI=1S/C9H18F3NS/c1-8(4-7-14-2)13-6-3-5-9(10,11)12/h8,13H,3-7H2,1-2H3. The van der Waals surface area contributed by atoms with Crippen molar-refractivity contribution in [3.63, 3.8) is 0 Å². The first kappa shape index (κ1) is 14.1. The highest BCUT2D eigenvalue weighted by Gasteiger charge is 2.25. The first-order chi connectivity index (χ1) is 6.45. The van der Waals surface area contributed by atoms with Crippen molar-refractivity contribution < 1.29 is 13.2 Å². The Balaban J connectivity index is 3.27. The number of nitrogens with one attached hydrogen (secondary N) is 1. The lowest BCUT2D eigenvalue weighted by molar-refractivity contribution is -0.135.